The van der Waals surface area contributed by atoms with Crippen molar-refractivity contribution in [1.82, 2.24) is 0 Å². The van der Waals surface area contributed by atoms with Crippen molar-refractivity contribution in [2.24, 2.45) is 0 Å². The van der Waals surface area contributed by atoms with E-state index in [1.165, 1.54) is 15.6 Å². The second kappa shape index (κ2) is 3.79. The molecule has 1 heterocycles. The maximum Gasteiger partial charge on any atom is 0.0913 e. The van der Waals surface area contributed by atoms with Crippen molar-refractivity contribution in [3.8, 4) is 0 Å². The highest BCUT2D eigenvalue weighted by molar-refractivity contribution is 7.23. The summed E-state index contributed by atoms with van der Waals surface area (Å²) < 4.78 is 1.29. The first-order valence-corrected chi connectivity index (χ1v) is 5.97. The quantitative estimate of drug-likeness (QED) is 0.774. The van der Waals surface area contributed by atoms with E-state index in [1.54, 1.807) is 11.3 Å². The molecule has 0 saturated carbocycles. The second-order valence-corrected chi connectivity index (χ2v) is 4.55. The van der Waals surface area contributed by atoms with Gasteiger partial charge in [-0.1, -0.05) is 25.1 Å². The first-order valence-electron chi connectivity index (χ1n) is 4.62. The number of rotatable bonds is 2. The smallest absolute Gasteiger partial charge is 0.0913 e. The van der Waals surface area contributed by atoms with E-state index in [9.17, 15) is 0 Å². The van der Waals surface area contributed by atoms with Crippen LogP contribution in [-0.4, -0.2) is 0 Å². The molecule has 2 N–H and O–H groups in total. The van der Waals surface area contributed by atoms with Crippen LogP contribution in [0.3, 0.4) is 0 Å². The molecule has 0 aliphatic carbocycles. The summed E-state index contributed by atoms with van der Waals surface area (Å²) in [6, 6.07) is 6.32. The molecule has 0 bridgehead atoms. The predicted octanol–water partition coefficient (Wildman–Crippen LogP) is 3.78. The van der Waals surface area contributed by atoms with Gasteiger partial charge in [-0.05, 0) is 17.4 Å². The summed E-state index contributed by atoms with van der Waals surface area (Å²) in [5.74, 6) is 0.499. The Balaban J connectivity index is 2.79. The first kappa shape index (κ1) is 9.81. The van der Waals surface area contributed by atoms with Gasteiger partial charge in [0.05, 0.1) is 10.9 Å². The topological polar surface area (TPSA) is 26.0 Å². The molecule has 0 unspecified atom stereocenters. The van der Waals surface area contributed by atoms with Crippen LogP contribution in [0.5, 0.6) is 0 Å². The summed E-state index contributed by atoms with van der Waals surface area (Å²) in [6.07, 6.45) is 1.04. The lowest BCUT2D eigenvalue weighted by Gasteiger charge is -1.98. The van der Waals surface area contributed by atoms with Gasteiger partial charge in [-0.15, -0.1) is 22.9 Å². The Bertz CT molecular complexity index is 462. The van der Waals surface area contributed by atoms with Gasteiger partial charge in [0, 0.05) is 10.3 Å². The van der Waals surface area contributed by atoms with E-state index in [4.69, 9.17) is 17.3 Å². The Morgan fingerprint density at radius 2 is 2.21 bits per heavy atom. The molecule has 74 valence electrons. The fourth-order valence-corrected chi connectivity index (χ4v) is 3.20. The lowest BCUT2D eigenvalue weighted by molar-refractivity contribution is 1.16. The normalized spacial score (nSPS) is 11.0. The number of alkyl halides is 1. The zero-order valence-electron chi connectivity index (χ0n) is 8.01. The van der Waals surface area contributed by atoms with Crippen LogP contribution in [-0.2, 0) is 12.3 Å². The van der Waals surface area contributed by atoms with Crippen LogP contribution in [0.4, 0.5) is 5.00 Å². The fourth-order valence-electron chi connectivity index (χ4n) is 1.66. The van der Waals surface area contributed by atoms with Crippen LogP contribution in [0.25, 0.3) is 10.1 Å². The number of thiophene rings is 1. The molecule has 1 aromatic carbocycles. The highest BCUT2D eigenvalue weighted by Gasteiger charge is 2.10. The third kappa shape index (κ3) is 1.39. The number of fused-ring (bicyclic) bond motifs is 1. The van der Waals surface area contributed by atoms with Crippen LogP contribution in [0.1, 0.15) is 18.1 Å². The fraction of sp³-hybridized carbons (Fsp3) is 0.273. The predicted molar refractivity (Wildman–Crippen MR) is 65.2 cm³/mol. The number of anilines is 1. The van der Waals surface area contributed by atoms with E-state index in [0.717, 1.165) is 17.0 Å². The lowest BCUT2D eigenvalue weighted by atomic mass is 10.1. The molecule has 2 rings (SSSR count). The third-order valence-corrected chi connectivity index (χ3v) is 3.87. The van der Waals surface area contributed by atoms with Crippen molar-refractivity contribution in [2.75, 3.05) is 5.73 Å². The number of benzene rings is 1. The standard InChI is InChI=1S/C11H12ClNS/c1-2-7-4-3-5-8-9(6-12)11(13)14-10(7)8/h3-5H,2,6,13H2,1H3. The van der Waals surface area contributed by atoms with Crippen LogP contribution in [0.15, 0.2) is 18.2 Å². The minimum Gasteiger partial charge on any atom is -0.390 e. The molecule has 0 spiro atoms. The molecule has 1 nitrogen and oxygen atoms in total. The third-order valence-electron chi connectivity index (χ3n) is 2.45. The average molecular weight is 226 g/mol. The summed E-state index contributed by atoms with van der Waals surface area (Å²) in [7, 11) is 0. The highest BCUT2D eigenvalue weighted by atomic mass is 35.5. The molecular weight excluding hydrogens is 214 g/mol. The monoisotopic (exact) mass is 225 g/mol. The Hall–Kier alpha value is -0.730. The summed E-state index contributed by atoms with van der Waals surface area (Å²) in [4.78, 5) is 0. The van der Waals surface area contributed by atoms with E-state index in [0.29, 0.717) is 5.88 Å². The van der Waals surface area contributed by atoms with E-state index in [2.05, 4.69) is 25.1 Å². The van der Waals surface area contributed by atoms with Crippen molar-refractivity contribution in [2.45, 2.75) is 19.2 Å². The Morgan fingerprint density at radius 1 is 1.43 bits per heavy atom. The van der Waals surface area contributed by atoms with Gasteiger partial charge in [0.1, 0.15) is 0 Å². The van der Waals surface area contributed by atoms with E-state index in [1.807, 2.05) is 0 Å². The van der Waals surface area contributed by atoms with Gasteiger partial charge in [-0.2, -0.15) is 0 Å². The minimum atomic E-state index is 0.499. The molecule has 0 radical (unpaired) electrons. The number of halogens is 1. The molecule has 2 aromatic rings. The van der Waals surface area contributed by atoms with Gasteiger partial charge in [0.15, 0.2) is 0 Å². The molecule has 1 aromatic heterocycles. The number of aryl methyl sites for hydroxylation is 1. The van der Waals surface area contributed by atoms with E-state index >= 15 is 0 Å². The zero-order valence-corrected chi connectivity index (χ0v) is 9.58. The minimum absolute atomic E-state index is 0.499. The molecule has 14 heavy (non-hydrogen) atoms. The SMILES string of the molecule is CCc1cccc2c(CCl)c(N)sc12. The van der Waals surface area contributed by atoms with Gasteiger partial charge >= 0.3 is 0 Å². The van der Waals surface area contributed by atoms with Crippen molar-refractivity contribution < 1.29 is 0 Å². The number of hydrogen-bond acceptors (Lipinski definition) is 2. The maximum atomic E-state index is 5.92. The zero-order chi connectivity index (χ0) is 10.1. The highest BCUT2D eigenvalue weighted by Crippen LogP contribution is 2.36. The summed E-state index contributed by atoms with van der Waals surface area (Å²) in [6.45, 7) is 2.16. The van der Waals surface area contributed by atoms with Gasteiger partial charge < -0.3 is 5.73 Å². The van der Waals surface area contributed by atoms with Gasteiger partial charge in [0.25, 0.3) is 0 Å². The first-order chi connectivity index (χ1) is 6.77. The summed E-state index contributed by atoms with van der Waals surface area (Å²) in [5, 5.41) is 2.08. The van der Waals surface area contributed by atoms with Crippen LogP contribution < -0.4 is 5.73 Å². The van der Waals surface area contributed by atoms with Crippen molar-refractivity contribution in [3.63, 3.8) is 0 Å². The van der Waals surface area contributed by atoms with Gasteiger partial charge in [0.2, 0.25) is 0 Å². The van der Waals surface area contributed by atoms with Crippen LogP contribution in [0, 0.1) is 0 Å². The maximum absolute atomic E-state index is 5.92. The van der Waals surface area contributed by atoms with Gasteiger partial charge in [-0.25, -0.2) is 0 Å². The van der Waals surface area contributed by atoms with Crippen LogP contribution in [0.2, 0.25) is 0 Å². The average Bonchev–Trinajstić information content (AvgIpc) is 2.52. The second-order valence-electron chi connectivity index (χ2n) is 3.23. The molecule has 0 fully saturated rings. The summed E-state index contributed by atoms with van der Waals surface area (Å²) in [5.41, 5.74) is 8.36. The molecule has 0 atom stereocenters. The molecule has 0 aliphatic rings. The molecular formula is C11H12ClNS. The van der Waals surface area contributed by atoms with Crippen molar-refractivity contribution >= 4 is 38.0 Å². The Kier molecular flexibility index (Phi) is 2.66. The molecule has 0 aliphatic heterocycles. The largest absolute Gasteiger partial charge is 0.390 e. The van der Waals surface area contributed by atoms with Crippen molar-refractivity contribution in [1.29, 1.82) is 0 Å². The molecule has 0 amide bonds. The number of hydrogen-bond donors (Lipinski definition) is 1. The molecule has 0 saturated heterocycles. The Morgan fingerprint density at radius 3 is 2.86 bits per heavy atom. The van der Waals surface area contributed by atoms with E-state index in [-0.39, 0.29) is 0 Å². The number of nitrogen functional groups attached to an aromatic ring is 1. The van der Waals surface area contributed by atoms with Gasteiger partial charge in [-0.3, -0.25) is 0 Å². The lowest BCUT2D eigenvalue weighted by Crippen LogP contribution is -1.84. The molecule has 3 heteroatoms. The summed E-state index contributed by atoms with van der Waals surface area (Å²) >= 11 is 7.52. The van der Waals surface area contributed by atoms with E-state index < -0.39 is 0 Å². The van der Waals surface area contributed by atoms with Crippen LogP contribution >= 0.6 is 22.9 Å². The van der Waals surface area contributed by atoms with Crippen molar-refractivity contribution in [3.05, 3.63) is 29.3 Å². The Labute approximate surface area is 92.5 Å². The number of nitrogens with two attached hydrogens (primary N) is 1.